The number of aromatic nitrogens is 2. The first-order valence-corrected chi connectivity index (χ1v) is 26.2. The summed E-state index contributed by atoms with van der Waals surface area (Å²) in [7, 11) is 0. The molecule has 5 heterocycles. The molecule has 2 aromatic heterocycles. The van der Waals surface area contributed by atoms with Crippen LogP contribution in [0, 0.1) is 19.8 Å². The van der Waals surface area contributed by atoms with Crippen molar-refractivity contribution in [2.24, 2.45) is 5.92 Å². The summed E-state index contributed by atoms with van der Waals surface area (Å²) in [5.74, 6) is -2.38. The van der Waals surface area contributed by atoms with Gasteiger partial charge in [0.1, 0.15) is 40.7 Å². The highest BCUT2D eigenvalue weighted by Gasteiger charge is 2.54. The molecule has 0 unspecified atom stereocenters. The van der Waals surface area contributed by atoms with Gasteiger partial charge in [-0.25, -0.2) is 9.78 Å². The lowest BCUT2D eigenvalue weighted by atomic mass is 9.77. The van der Waals surface area contributed by atoms with Crippen molar-refractivity contribution in [2.75, 3.05) is 59.3 Å². The van der Waals surface area contributed by atoms with Crippen LogP contribution in [0.4, 0.5) is 0 Å². The minimum absolute atomic E-state index is 0.0281. The Morgan fingerprint density at radius 1 is 0.818 bits per heavy atom. The number of thiazole rings is 1. The van der Waals surface area contributed by atoms with Crippen LogP contribution in [0.15, 0.2) is 95.0 Å². The molecule has 404 valence electrons. The van der Waals surface area contributed by atoms with Gasteiger partial charge in [0.15, 0.2) is 5.60 Å². The van der Waals surface area contributed by atoms with Gasteiger partial charge in [-0.3, -0.25) is 19.2 Å². The molecule has 4 atom stereocenters. The average Bonchev–Trinajstić information content (AvgIpc) is 4.41. The summed E-state index contributed by atoms with van der Waals surface area (Å²) < 4.78 is 34.5. The number of aryl methyl sites for hydroxylation is 2. The number of aliphatic hydroxyl groups excluding tert-OH is 1. The Labute approximate surface area is 447 Å². The second-order valence-corrected chi connectivity index (χ2v) is 20.2. The van der Waals surface area contributed by atoms with E-state index in [4.69, 9.17) is 28.2 Å². The first-order valence-electron chi connectivity index (χ1n) is 25.3. The van der Waals surface area contributed by atoms with Crippen molar-refractivity contribution < 1.29 is 67.5 Å². The van der Waals surface area contributed by atoms with Crippen LogP contribution in [0.25, 0.3) is 10.4 Å². The van der Waals surface area contributed by atoms with Gasteiger partial charge in [-0.15, -0.1) is 11.3 Å². The van der Waals surface area contributed by atoms with Crippen molar-refractivity contribution in [3.8, 4) is 33.4 Å². The predicted octanol–water partition coefficient (Wildman–Crippen LogP) is 5.94. The number of esters is 1. The number of hydrogen-bond donors (Lipinski definition) is 6. The van der Waals surface area contributed by atoms with Crippen LogP contribution in [0.1, 0.15) is 98.8 Å². The van der Waals surface area contributed by atoms with E-state index in [-0.39, 0.29) is 124 Å². The lowest BCUT2D eigenvalue weighted by Gasteiger charge is -2.36. The standard InChI is InChI=1S/C56H60N6O14S/c1-31(2)50(48-23-32(3)61-76-48)54(69)62-29-39(65)25-45(62)53(68)60-44(34-5-7-35(8-6-34)51-33(4)59-30-77-51)28-49(66)57-15-17-71-19-21-73-22-20-72-18-16-58-52(67)36-9-12-41-40(24-36)55(70)75-56(41)42-13-10-37(63)26-46(42)74-47-27-38(64)11-14-43(47)56/h5-14,23-24,26-27,30-31,39,44-45,50,63-65H,15-22,25,28-29H2,1-4H3,(H,57,66)(H,58,67)(H,60,68)/t39-,44+,45+,50-/m1/s1. The molecule has 4 aromatic carbocycles. The first-order chi connectivity index (χ1) is 37.1. The number of nitrogens with zero attached hydrogens (tertiary/aromatic N) is 3. The molecular weight excluding hydrogens is 1010 g/mol. The Morgan fingerprint density at radius 3 is 2.06 bits per heavy atom. The normalized spacial score (nSPS) is 16.8. The third kappa shape index (κ3) is 11.8. The summed E-state index contributed by atoms with van der Waals surface area (Å²) in [6, 6.07) is 21.2. The largest absolute Gasteiger partial charge is 0.508 e. The molecule has 0 saturated carbocycles. The molecule has 1 fully saturated rings. The smallest absolute Gasteiger partial charge is 0.340 e. The Kier molecular flexibility index (Phi) is 16.6. The molecule has 77 heavy (non-hydrogen) atoms. The molecule has 6 N–H and O–H groups in total. The number of fused-ring (bicyclic) bond motifs is 6. The Hall–Kier alpha value is -7.69. The zero-order valence-corrected chi connectivity index (χ0v) is 43.7. The highest BCUT2D eigenvalue weighted by atomic mass is 32.1. The van der Waals surface area contributed by atoms with Crippen LogP contribution in [-0.4, -0.2) is 131 Å². The zero-order valence-electron chi connectivity index (χ0n) is 42.9. The maximum Gasteiger partial charge on any atom is 0.340 e. The van der Waals surface area contributed by atoms with Crippen LogP contribution >= 0.6 is 11.3 Å². The van der Waals surface area contributed by atoms with E-state index < -0.39 is 47.5 Å². The predicted molar refractivity (Wildman–Crippen MR) is 279 cm³/mol. The van der Waals surface area contributed by atoms with Gasteiger partial charge in [0.05, 0.1) is 85.5 Å². The number of hydrogen-bond acceptors (Lipinski definition) is 17. The van der Waals surface area contributed by atoms with E-state index in [9.17, 15) is 39.3 Å². The molecule has 1 spiro atoms. The van der Waals surface area contributed by atoms with E-state index >= 15 is 0 Å². The number of benzene rings is 4. The van der Waals surface area contributed by atoms with E-state index in [1.165, 1.54) is 46.6 Å². The van der Waals surface area contributed by atoms with Crippen molar-refractivity contribution in [1.82, 2.24) is 31.0 Å². The molecule has 20 nitrogen and oxygen atoms in total. The highest BCUT2D eigenvalue weighted by Crippen LogP contribution is 2.57. The minimum atomic E-state index is -1.44. The molecular formula is C56H60N6O14S. The quantitative estimate of drug-likeness (QED) is 0.0339. The molecule has 21 heteroatoms. The van der Waals surface area contributed by atoms with E-state index in [0.717, 1.165) is 16.1 Å². The van der Waals surface area contributed by atoms with Crippen molar-refractivity contribution >= 4 is 40.9 Å². The molecule has 0 bridgehead atoms. The fourth-order valence-corrected chi connectivity index (χ4v) is 10.8. The van der Waals surface area contributed by atoms with Gasteiger partial charge in [-0.05, 0) is 67.3 Å². The summed E-state index contributed by atoms with van der Waals surface area (Å²) in [4.78, 5) is 75.0. The van der Waals surface area contributed by atoms with Gasteiger partial charge in [0.25, 0.3) is 5.91 Å². The number of aliphatic hydroxyl groups is 1. The summed E-state index contributed by atoms with van der Waals surface area (Å²) >= 11 is 1.51. The SMILES string of the molecule is Cc1cc([C@H](C(=O)N2C[C@H](O)C[C@H]2C(=O)N[C@@H](CC(=O)NCCOCCOCCOCCNC(=O)c2ccc3c(c2)C(=O)OC32c3ccc(O)cc3Oc3cc(O)ccc32)c2ccc(-c3scnc3C)cc2)C(C)C)on1. The number of rotatable bonds is 22. The molecule has 6 aromatic rings. The van der Waals surface area contributed by atoms with Crippen molar-refractivity contribution in [3.05, 3.63) is 141 Å². The van der Waals surface area contributed by atoms with Crippen LogP contribution in [0.3, 0.4) is 0 Å². The second-order valence-electron chi connectivity index (χ2n) is 19.4. The van der Waals surface area contributed by atoms with Gasteiger partial charge in [-0.1, -0.05) is 49.3 Å². The number of ether oxygens (including phenoxy) is 5. The Bertz CT molecular complexity index is 3090. The van der Waals surface area contributed by atoms with E-state index in [2.05, 4.69) is 26.1 Å². The first kappa shape index (κ1) is 54.1. The molecule has 4 amide bonds. The number of nitrogens with one attached hydrogen (secondary N) is 3. The Morgan fingerprint density at radius 2 is 1.45 bits per heavy atom. The number of phenolic OH excluding ortho intramolecular Hbond substituents is 2. The Balaban J connectivity index is 0.697. The maximum atomic E-state index is 14.1. The highest BCUT2D eigenvalue weighted by molar-refractivity contribution is 7.13. The maximum absolute atomic E-state index is 14.1. The van der Waals surface area contributed by atoms with E-state index in [1.54, 1.807) is 42.8 Å². The molecule has 3 aliphatic heterocycles. The second kappa shape index (κ2) is 23.7. The van der Waals surface area contributed by atoms with Gasteiger partial charge in [0.2, 0.25) is 17.7 Å². The summed E-state index contributed by atoms with van der Waals surface area (Å²) in [6.45, 7) is 9.24. The topological polar surface area (TPSA) is 270 Å². The summed E-state index contributed by atoms with van der Waals surface area (Å²) in [5.41, 5.74) is 5.33. The molecule has 0 radical (unpaired) electrons. The third-order valence-corrected chi connectivity index (χ3v) is 14.6. The van der Waals surface area contributed by atoms with Gasteiger partial charge in [0, 0.05) is 66.5 Å². The zero-order chi connectivity index (χ0) is 54.4. The van der Waals surface area contributed by atoms with Gasteiger partial charge >= 0.3 is 5.97 Å². The van der Waals surface area contributed by atoms with Crippen LogP contribution in [0.5, 0.6) is 23.0 Å². The number of likely N-dealkylation sites (tertiary alicyclic amines) is 1. The average molecular weight is 1070 g/mol. The number of carbonyl (C=O) groups is 5. The number of amides is 4. The summed E-state index contributed by atoms with van der Waals surface area (Å²) in [6.07, 6.45) is -0.997. The minimum Gasteiger partial charge on any atom is -0.508 e. The monoisotopic (exact) mass is 1070 g/mol. The molecule has 3 aliphatic rings. The number of carbonyl (C=O) groups excluding carboxylic acids is 5. The fourth-order valence-electron chi connectivity index (χ4n) is 9.96. The molecule has 0 aliphatic carbocycles. The van der Waals surface area contributed by atoms with Crippen LogP contribution < -0.4 is 20.7 Å². The lowest BCUT2D eigenvalue weighted by molar-refractivity contribution is -0.141. The lowest BCUT2D eigenvalue weighted by Crippen LogP contribution is -2.49. The number of phenols is 2. The van der Waals surface area contributed by atoms with E-state index in [1.807, 2.05) is 45.0 Å². The number of aromatic hydroxyl groups is 2. The number of β-amino-alcohol motifs (C(OH)–C–C–N with tert-alkyl or cyclic N) is 1. The van der Waals surface area contributed by atoms with E-state index in [0.29, 0.717) is 33.7 Å². The molecule has 9 rings (SSSR count). The fraction of sp³-hybridized carbons (Fsp3) is 0.375. The summed E-state index contributed by atoms with van der Waals surface area (Å²) in [5, 5.41) is 43.7. The van der Waals surface area contributed by atoms with Crippen molar-refractivity contribution in [2.45, 2.75) is 70.2 Å². The van der Waals surface area contributed by atoms with Gasteiger partial charge < -0.3 is 64.4 Å². The third-order valence-electron chi connectivity index (χ3n) is 13.7. The molecule has 1 saturated heterocycles. The van der Waals surface area contributed by atoms with Crippen LogP contribution in [0.2, 0.25) is 0 Å². The van der Waals surface area contributed by atoms with Crippen molar-refractivity contribution in [1.29, 1.82) is 0 Å². The van der Waals surface area contributed by atoms with Gasteiger partial charge in [-0.2, -0.15) is 0 Å². The van der Waals surface area contributed by atoms with Crippen LogP contribution in [-0.2, 0) is 38.9 Å². The van der Waals surface area contributed by atoms with Crippen molar-refractivity contribution in [3.63, 3.8) is 0 Å².